The average molecular weight is 691 g/mol. The fraction of sp³-hybridized carbons (Fsp3) is 0.829. The molecule has 0 heterocycles. The number of phosphoric acid groups is 1. The maximum Gasteiger partial charge on any atom is 0.469 e. The van der Waals surface area contributed by atoms with Gasteiger partial charge in [-0.1, -0.05) is 103 Å². The third-order valence-electron chi connectivity index (χ3n) is 8.47. The Morgan fingerprint density at radius 2 is 1.51 bits per heavy atom. The second kappa shape index (κ2) is 25.4. The predicted molar refractivity (Wildman–Crippen MR) is 181 cm³/mol. The molecule has 1 aliphatic rings. The molecule has 0 aromatic carbocycles. The minimum Gasteiger partial charge on any atom is -0.462 e. The van der Waals surface area contributed by atoms with E-state index in [-0.39, 0.29) is 37.7 Å². The fourth-order valence-corrected chi connectivity index (χ4v) is 6.09. The Morgan fingerprint density at radius 3 is 2.19 bits per heavy atom. The summed E-state index contributed by atoms with van der Waals surface area (Å²) in [5.41, 5.74) is 0. The third-order valence-corrected chi connectivity index (χ3v) is 8.96. The monoisotopic (exact) mass is 690 g/mol. The van der Waals surface area contributed by atoms with Gasteiger partial charge in [0, 0.05) is 25.2 Å². The van der Waals surface area contributed by atoms with Crippen LogP contribution in [0.4, 0.5) is 0 Å². The van der Waals surface area contributed by atoms with Gasteiger partial charge in [0.2, 0.25) is 0 Å². The van der Waals surface area contributed by atoms with Crippen LogP contribution >= 0.6 is 7.82 Å². The quantitative estimate of drug-likeness (QED) is 0.0283. The van der Waals surface area contributed by atoms with Crippen LogP contribution in [-0.4, -0.2) is 74.7 Å². The van der Waals surface area contributed by atoms with Gasteiger partial charge in [-0.2, -0.15) is 0 Å². The lowest BCUT2D eigenvalue weighted by atomic mass is 9.89. The molecule has 0 radical (unpaired) electrons. The van der Waals surface area contributed by atoms with E-state index in [0.29, 0.717) is 38.0 Å². The van der Waals surface area contributed by atoms with Crippen molar-refractivity contribution in [2.45, 2.75) is 154 Å². The van der Waals surface area contributed by atoms with Crippen molar-refractivity contribution in [3.05, 3.63) is 24.3 Å². The van der Waals surface area contributed by atoms with Crippen molar-refractivity contribution in [1.82, 2.24) is 0 Å². The SMILES string of the molecule is CCCCC[C@H](O)/C=C/[C@@H]1[C@@H](C/C=C/CCCC(=O)O[C@H](COC(=O)CCCCCCCCC(C)C)COP(=O)(O)O)[C@@H](O)C[C@H]1O. The molecule has 11 nitrogen and oxygen atoms in total. The van der Waals surface area contributed by atoms with E-state index in [1.165, 1.54) is 19.3 Å². The Hall–Kier alpha value is -1.59. The van der Waals surface area contributed by atoms with E-state index in [9.17, 15) is 29.5 Å². The van der Waals surface area contributed by atoms with Crippen molar-refractivity contribution in [2.75, 3.05) is 13.2 Å². The molecule has 47 heavy (non-hydrogen) atoms. The number of carbonyl (C=O) groups excluding carboxylic acids is 2. The molecule has 0 unspecified atom stereocenters. The van der Waals surface area contributed by atoms with Crippen LogP contribution in [0.5, 0.6) is 0 Å². The van der Waals surface area contributed by atoms with E-state index >= 15 is 0 Å². The van der Waals surface area contributed by atoms with Crippen molar-refractivity contribution in [2.24, 2.45) is 17.8 Å². The number of hydrogen-bond donors (Lipinski definition) is 5. The Balaban J connectivity index is 2.42. The summed E-state index contributed by atoms with van der Waals surface area (Å²) in [4.78, 5) is 42.7. The first-order valence-corrected chi connectivity index (χ1v) is 19.3. The molecule has 1 aliphatic carbocycles. The second-order valence-electron chi connectivity index (χ2n) is 13.3. The summed E-state index contributed by atoms with van der Waals surface area (Å²) in [5.74, 6) is -0.791. The molecule has 0 spiro atoms. The summed E-state index contributed by atoms with van der Waals surface area (Å²) in [6, 6.07) is 0. The van der Waals surface area contributed by atoms with Crippen molar-refractivity contribution in [3.63, 3.8) is 0 Å². The first-order valence-electron chi connectivity index (χ1n) is 17.7. The van der Waals surface area contributed by atoms with E-state index in [0.717, 1.165) is 38.5 Å². The molecule has 0 aromatic heterocycles. The zero-order valence-electron chi connectivity index (χ0n) is 28.9. The van der Waals surface area contributed by atoms with Crippen LogP contribution in [-0.2, 0) is 28.2 Å². The van der Waals surface area contributed by atoms with E-state index in [1.54, 1.807) is 6.08 Å². The Kier molecular flexibility index (Phi) is 23.5. The van der Waals surface area contributed by atoms with Gasteiger partial charge in [-0.15, -0.1) is 0 Å². The fourth-order valence-electron chi connectivity index (χ4n) is 5.73. The first kappa shape index (κ1) is 43.4. The summed E-state index contributed by atoms with van der Waals surface area (Å²) in [7, 11) is -4.81. The molecular weight excluding hydrogens is 627 g/mol. The lowest BCUT2D eigenvalue weighted by Gasteiger charge is -2.19. The maximum absolute atomic E-state index is 12.4. The summed E-state index contributed by atoms with van der Waals surface area (Å²) in [6.07, 6.45) is 17.5. The molecule has 5 N–H and O–H groups in total. The minimum absolute atomic E-state index is 0.0356. The van der Waals surface area contributed by atoms with Crippen molar-refractivity contribution in [1.29, 1.82) is 0 Å². The largest absolute Gasteiger partial charge is 0.469 e. The van der Waals surface area contributed by atoms with Crippen LogP contribution in [0.3, 0.4) is 0 Å². The predicted octanol–water partition coefficient (Wildman–Crippen LogP) is 6.30. The number of ether oxygens (including phenoxy) is 2. The summed E-state index contributed by atoms with van der Waals surface area (Å²) >= 11 is 0. The molecule has 12 heteroatoms. The van der Waals surface area contributed by atoms with Crippen LogP contribution in [0, 0.1) is 17.8 Å². The van der Waals surface area contributed by atoms with E-state index in [2.05, 4.69) is 25.3 Å². The van der Waals surface area contributed by atoms with Gasteiger partial charge in [-0.3, -0.25) is 14.1 Å². The lowest BCUT2D eigenvalue weighted by molar-refractivity contribution is -0.161. The number of phosphoric ester groups is 1. The molecule has 0 saturated heterocycles. The topological polar surface area (TPSA) is 180 Å². The number of esters is 2. The molecule has 0 aliphatic heterocycles. The van der Waals surface area contributed by atoms with E-state index < -0.39 is 50.8 Å². The van der Waals surface area contributed by atoms with Crippen LogP contribution < -0.4 is 0 Å². The number of hydrogen-bond acceptors (Lipinski definition) is 9. The van der Waals surface area contributed by atoms with Crippen LogP contribution in [0.15, 0.2) is 24.3 Å². The van der Waals surface area contributed by atoms with Gasteiger partial charge in [0.05, 0.1) is 24.9 Å². The Bertz CT molecular complexity index is 948. The molecule has 1 saturated carbocycles. The number of rotatable bonds is 27. The lowest BCUT2D eigenvalue weighted by Crippen LogP contribution is -2.29. The number of allylic oxidation sites excluding steroid dienone is 2. The number of aliphatic hydroxyl groups excluding tert-OH is 3. The highest BCUT2D eigenvalue weighted by atomic mass is 31.2. The smallest absolute Gasteiger partial charge is 0.462 e. The molecule has 1 fully saturated rings. The van der Waals surface area contributed by atoms with Gasteiger partial charge in [0.25, 0.3) is 0 Å². The van der Waals surface area contributed by atoms with Crippen LogP contribution in [0.25, 0.3) is 0 Å². The Morgan fingerprint density at radius 1 is 0.851 bits per heavy atom. The normalized spacial score (nSPS) is 21.6. The highest BCUT2D eigenvalue weighted by molar-refractivity contribution is 7.46. The maximum atomic E-state index is 12.4. The van der Waals surface area contributed by atoms with E-state index in [1.807, 2.05) is 18.2 Å². The average Bonchev–Trinajstić information content (AvgIpc) is 3.27. The third kappa shape index (κ3) is 22.6. The van der Waals surface area contributed by atoms with Gasteiger partial charge in [0.15, 0.2) is 6.10 Å². The Labute approximate surface area is 282 Å². The second-order valence-corrected chi connectivity index (χ2v) is 14.5. The molecule has 0 amide bonds. The van der Waals surface area contributed by atoms with E-state index in [4.69, 9.17) is 19.3 Å². The zero-order valence-corrected chi connectivity index (χ0v) is 29.8. The molecule has 274 valence electrons. The first-order chi connectivity index (χ1) is 22.3. The van der Waals surface area contributed by atoms with Crippen LogP contribution in [0.1, 0.15) is 130 Å². The van der Waals surface area contributed by atoms with Crippen molar-refractivity contribution in [3.8, 4) is 0 Å². The van der Waals surface area contributed by atoms with Gasteiger partial charge in [-0.05, 0) is 43.9 Å². The summed E-state index contributed by atoms with van der Waals surface area (Å²) < 4.78 is 26.2. The molecule has 0 bridgehead atoms. The van der Waals surface area contributed by atoms with Gasteiger partial charge in [-0.25, -0.2) is 4.57 Å². The van der Waals surface area contributed by atoms with Gasteiger partial charge >= 0.3 is 19.8 Å². The van der Waals surface area contributed by atoms with Crippen molar-refractivity contribution < 1.29 is 53.3 Å². The summed E-state index contributed by atoms with van der Waals surface area (Å²) in [6.45, 7) is 5.56. The highest BCUT2D eigenvalue weighted by Crippen LogP contribution is 2.37. The van der Waals surface area contributed by atoms with Gasteiger partial charge < -0.3 is 34.6 Å². The number of unbranched alkanes of at least 4 members (excludes halogenated alkanes) is 8. The zero-order chi connectivity index (χ0) is 35.1. The molecule has 0 aromatic rings. The highest BCUT2D eigenvalue weighted by Gasteiger charge is 2.39. The van der Waals surface area contributed by atoms with Gasteiger partial charge in [0.1, 0.15) is 6.61 Å². The molecular formula is C35H63O11P. The standard InChI is InChI=1S/C35H63O11P/c1-4-5-12-18-28(36)22-23-31-30(32(37)24-33(31)38)19-14-10-11-16-21-35(40)46-29(26-45-47(41,42)43)25-44-34(39)20-15-9-7-6-8-13-17-27(2)3/h10,14,22-23,27-33,36-38H,4-9,11-13,15-21,24-26H2,1-3H3,(H2,41,42,43)/b14-10+,23-22+/t28-,29+,30+,31+,32-,33+/m0/s1. The summed E-state index contributed by atoms with van der Waals surface area (Å²) in [5, 5.41) is 31.1. The van der Waals surface area contributed by atoms with Crippen LogP contribution in [0.2, 0.25) is 0 Å². The number of aliphatic hydroxyl groups is 3. The molecule has 1 rings (SSSR count). The molecule has 6 atom stereocenters. The van der Waals surface area contributed by atoms with Crippen molar-refractivity contribution >= 4 is 19.8 Å². The minimum atomic E-state index is -4.81. The number of carbonyl (C=O) groups is 2.